The molecule has 3 aromatic rings. The Morgan fingerprint density at radius 2 is 1.86 bits per heavy atom. The molecule has 2 N–H and O–H groups in total. The van der Waals surface area contributed by atoms with Crippen LogP contribution < -0.4 is 10.6 Å². The monoisotopic (exact) mass is 398 g/mol. The van der Waals surface area contributed by atoms with E-state index < -0.39 is 0 Å². The van der Waals surface area contributed by atoms with Crippen LogP contribution in [0.2, 0.25) is 0 Å². The van der Waals surface area contributed by atoms with E-state index in [1.807, 2.05) is 24.5 Å². The minimum atomic E-state index is -0.279. The highest BCUT2D eigenvalue weighted by molar-refractivity contribution is 7.14. The maximum Gasteiger partial charge on any atom is 0.315 e. The fraction of sp³-hybridized carbons (Fsp3) is 0.286. The Morgan fingerprint density at radius 1 is 1.14 bits per heavy atom. The minimum absolute atomic E-state index is 0.226. The van der Waals surface area contributed by atoms with E-state index in [-0.39, 0.29) is 11.8 Å². The lowest BCUT2D eigenvalue weighted by Crippen LogP contribution is -2.35. The number of carbonyl (C=O) groups excluding carboxylic acids is 1. The van der Waals surface area contributed by atoms with Gasteiger partial charge >= 0.3 is 6.03 Å². The Kier molecular flexibility index (Phi) is 5.45. The Morgan fingerprint density at radius 3 is 2.61 bits per heavy atom. The summed E-state index contributed by atoms with van der Waals surface area (Å²) < 4.78 is 15.1. The van der Waals surface area contributed by atoms with Crippen molar-refractivity contribution in [1.29, 1.82) is 0 Å². The first kappa shape index (κ1) is 18.7. The molecule has 0 fully saturated rings. The number of halogens is 1. The molecule has 0 atom stereocenters. The highest BCUT2D eigenvalue weighted by Gasteiger charge is 2.23. The zero-order valence-electron chi connectivity index (χ0n) is 15.7. The normalized spacial score (nSPS) is 13.9. The lowest BCUT2D eigenvalue weighted by Gasteiger charge is -2.22. The Bertz CT molecular complexity index is 950. The first-order chi connectivity index (χ1) is 13.6. The largest absolute Gasteiger partial charge is 0.334 e. The van der Waals surface area contributed by atoms with Gasteiger partial charge in [0.1, 0.15) is 10.8 Å². The van der Waals surface area contributed by atoms with Gasteiger partial charge in [0.25, 0.3) is 0 Å². The number of hydrogen-bond donors (Lipinski definition) is 2. The first-order valence-electron chi connectivity index (χ1n) is 9.31. The summed E-state index contributed by atoms with van der Waals surface area (Å²) in [6, 6.07) is 9.93. The van der Waals surface area contributed by atoms with Crippen molar-refractivity contribution in [2.75, 3.05) is 13.6 Å². The van der Waals surface area contributed by atoms with Gasteiger partial charge in [-0.3, -0.25) is 0 Å². The molecule has 0 spiro atoms. The average molecular weight is 399 g/mol. The van der Waals surface area contributed by atoms with Crippen LogP contribution >= 0.6 is 11.3 Å². The van der Waals surface area contributed by atoms with Crippen LogP contribution in [0.15, 0.2) is 48.8 Å². The molecular formula is C21H23FN4OS. The fourth-order valence-corrected chi connectivity index (χ4v) is 4.87. The number of likely N-dealkylation sites (N-methyl/N-ethyl adjacent to an activating group) is 1. The summed E-state index contributed by atoms with van der Waals surface area (Å²) in [5.41, 5.74) is 3.42. The van der Waals surface area contributed by atoms with Gasteiger partial charge in [-0.1, -0.05) is 12.1 Å². The summed E-state index contributed by atoms with van der Waals surface area (Å²) in [5, 5.41) is 6.99. The molecule has 28 heavy (non-hydrogen) atoms. The summed E-state index contributed by atoms with van der Waals surface area (Å²) >= 11 is 1.80. The third-order valence-corrected chi connectivity index (χ3v) is 6.24. The number of nitrogens with zero attached hydrogens (tertiary/aromatic N) is 2. The quantitative estimate of drug-likeness (QED) is 0.689. The van der Waals surface area contributed by atoms with E-state index >= 15 is 0 Å². The van der Waals surface area contributed by atoms with Crippen LogP contribution in [0.3, 0.4) is 0 Å². The van der Waals surface area contributed by atoms with Crippen molar-refractivity contribution in [2.45, 2.75) is 26.1 Å². The van der Waals surface area contributed by atoms with Crippen LogP contribution in [0.1, 0.15) is 21.6 Å². The summed E-state index contributed by atoms with van der Waals surface area (Å²) in [6.45, 7) is 2.82. The fourth-order valence-electron chi connectivity index (χ4n) is 3.46. The lowest BCUT2D eigenvalue weighted by molar-refractivity contribution is 0.240. The van der Waals surface area contributed by atoms with Crippen LogP contribution in [-0.4, -0.2) is 29.1 Å². The van der Waals surface area contributed by atoms with Crippen LogP contribution in [0.5, 0.6) is 0 Å². The highest BCUT2D eigenvalue weighted by atomic mass is 32.1. The third-order valence-electron chi connectivity index (χ3n) is 4.97. The topological polar surface area (TPSA) is 49.3 Å². The molecule has 7 heteroatoms. The molecular weight excluding hydrogens is 375 g/mol. The number of hydrogen-bond acceptors (Lipinski definition) is 3. The maximum atomic E-state index is 13.0. The zero-order valence-corrected chi connectivity index (χ0v) is 16.6. The molecule has 0 saturated carbocycles. The van der Waals surface area contributed by atoms with Gasteiger partial charge in [0, 0.05) is 49.0 Å². The first-order valence-corrected chi connectivity index (χ1v) is 10.1. The number of amides is 2. The number of carbonyl (C=O) groups is 1. The van der Waals surface area contributed by atoms with Crippen molar-refractivity contribution in [3.8, 4) is 5.00 Å². The number of nitrogens with one attached hydrogen (secondary N) is 2. The number of fused-ring (bicyclic) bond motifs is 1. The molecule has 146 valence electrons. The second-order valence-corrected chi connectivity index (χ2v) is 8.11. The van der Waals surface area contributed by atoms with E-state index in [9.17, 15) is 9.18 Å². The Hall–Kier alpha value is -2.64. The molecule has 0 aliphatic carbocycles. The van der Waals surface area contributed by atoms with Crippen molar-refractivity contribution in [3.63, 3.8) is 0 Å². The zero-order chi connectivity index (χ0) is 19.5. The highest BCUT2D eigenvalue weighted by Crippen LogP contribution is 2.35. The second-order valence-electron chi connectivity index (χ2n) is 7.03. The standard InChI is InChI=1S/C21H23FN4OS/c1-25-11-8-17-18(20(28-19(17)14-25)26-9-2-3-10-26)13-24-21(27)23-12-15-4-6-16(22)7-5-15/h2-7,9-10H,8,11-14H2,1H3,(H2,23,24,27). The lowest BCUT2D eigenvalue weighted by atomic mass is 10.0. The van der Waals surface area contributed by atoms with Crippen LogP contribution in [-0.2, 0) is 26.1 Å². The van der Waals surface area contributed by atoms with Gasteiger partial charge < -0.3 is 20.1 Å². The van der Waals surface area contributed by atoms with E-state index in [2.05, 4.69) is 27.1 Å². The van der Waals surface area contributed by atoms with Crippen molar-refractivity contribution >= 4 is 17.4 Å². The molecule has 0 radical (unpaired) electrons. The molecule has 2 amide bonds. The van der Waals surface area contributed by atoms with E-state index in [1.165, 1.54) is 33.1 Å². The summed E-state index contributed by atoms with van der Waals surface area (Å²) in [7, 11) is 2.14. The molecule has 2 aromatic heterocycles. The summed E-state index contributed by atoms with van der Waals surface area (Å²) in [6.07, 6.45) is 5.08. The minimum Gasteiger partial charge on any atom is -0.334 e. The summed E-state index contributed by atoms with van der Waals surface area (Å²) in [4.78, 5) is 16.0. The van der Waals surface area contributed by atoms with Gasteiger partial charge in [-0.05, 0) is 48.9 Å². The van der Waals surface area contributed by atoms with E-state index in [0.29, 0.717) is 13.1 Å². The molecule has 1 aliphatic rings. The van der Waals surface area contributed by atoms with Gasteiger partial charge in [0.15, 0.2) is 0 Å². The van der Waals surface area contributed by atoms with Gasteiger partial charge in [0.2, 0.25) is 0 Å². The molecule has 5 nitrogen and oxygen atoms in total. The molecule has 3 heterocycles. The number of rotatable bonds is 5. The van der Waals surface area contributed by atoms with Crippen molar-refractivity contribution in [3.05, 3.63) is 76.2 Å². The van der Waals surface area contributed by atoms with Gasteiger partial charge in [-0.25, -0.2) is 9.18 Å². The van der Waals surface area contributed by atoms with E-state index in [4.69, 9.17) is 0 Å². The number of thiophene rings is 1. The van der Waals surface area contributed by atoms with Gasteiger partial charge in [0.05, 0.1) is 0 Å². The predicted octanol–water partition coefficient (Wildman–Crippen LogP) is 3.67. The van der Waals surface area contributed by atoms with Crippen molar-refractivity contribution in [1.82, 2.24) is 20.1 Å². The van der Waals surface area contributed by atoms with Crippen molar-refractivity contribution in [2.24, 2.45) is 0 Å². The molecule has 1 aliphatic heterocycles. The second kappa shape index (κ2) is 8.16. The van der Waals surface area contributed by atoms with Crippen LogP contribution in [0, 0.1) is 5.82 Å². The molecule has 4 rings (SSSR count). The molecule has 0 saturated heterocycles. The van der Waals surface area contributed by atoms with E-state index in [0.717, 1.165) is 25.1 Å². The maximum absolute atomic E-state index is 13.0. The van der Waals surface area contributed by atoms with Crippen molar-refractivity contribution < 1.29 is 9.18 Å². The molecule has 1 aromatic carbocycles. The van der Waals surface area contributed by atoms with Crippen LogP contribution in [0.25, 0.3) is 5.00 Å². The number of benzene rings is 1. The predicted molar refractivity (Wildman–Crippen MR) is 109 cm³/mol. The summed E-state index contributed by atoms with van der Waals surface area (Å²) in [5.74, 6) is -0.279. The Labute approximate surface area is 167 Å². The average Bonchev–Trinajstić information content (AvgIpc) is 3.33. The third kappa shape index (κ3) is 4.10. The van der Waals surface area contributed by atoms with Crippen LogP contribution in [0.4, 0.5) is 9.18 Å². The molecule has 0 bridgehead atoms. The van der Waals surface area contributed by atoms with Gasteiger partial charge in [-0.15, -0.1) is 11.3 Å². The SMILES string of the molecule is CN1CCc2c(sc(-n3cccc3)c2CNC(=O)NCc2ccc(F)cc2)C1. The number of aromatic nitrogens is 1. The molecule has 0 unspecified atom stereocenters. The number of urea groups is 1. The smallest absolute Gasteiger partial charge is 0.315 e. The van der Waals surface area contributed by atoms with Gasteiger partial charge in [-0.2, -0.15) is 0 Å². The Balaban J connectivity index is 1.45. The van der Waals surface area contributed by atoms with E-state index in [1.54, 1.807) is 23.5 Å².